The molecular weight excluding hydrogens is 270 g/mol. The summed E-state index contributed by atoms with van der Waals surface area (Å²) in [6.07, 6.45) is 0. The molecule has 14 heavy (non-hydrogen) atoms. The molecule has 0 spiro atoms. The number of Topliss-reactive ketones (excluding diaryl/α,β-unsaturated/α-hetero) is 1. The minimum absolute atomic E-state index is 0.140. The van der Waals surface area contributed by atoms with Crippen molar-refractivity contribution >= 4 is 38.7 Å². The van der Waals surface area contributed by atoms with Crippen LogP contribution in [0.4, 0.5) is 5.69 Å². The van der Waals surface area contributed by atoms with Crippen molar-refractivity contribution in [1.29, 1.82) is 0 Å². The third kappa shape index (κ3) is 2.90. The van der Waals surface area contributed by atoms with E-state index in [0.29, 0.717) is 11.3 Å². The second-order valence-electron chi connectivity index (χ2n) is 2.45. The maximum absolute atomic E-state index is 11.3. The average molecular weight is 278 g/mol. The summed E-state index contributed by atoms with van der Waals surface area (Å²) < 4.78 is 21.4. The molecule has 0 aliphatic rings. The number of halogens is 1. The molecule has 4 nitrogen and oxygen atoms in total. The molecular formula is C8H8BrNO3S. The second-order valence-corrected chi connectivity index (χ2v) is 3.72. The van der Waals surface area contributed by atoms with Crippen LogP contribution >= 0.6 is 15.9 Å². The molecule has 0 aliphatic heterocycles. The Balaban J connectivity index is 3.02. The summed E-state index contributed by atoms with van der Waals surface area (Å²) in [5, 5.41) is 0.184. The van der Waals surface area contributed by atoms with Crippen molar-refractivity contribution in [3.05, 3.63) is 29.8 Å². The molecule has 0 aromatic heterocycles. The van der Waals surface area contributed by atoms with Gasteiger partial charge >= 0.3 is 0 Å². The Morgan fingerprint density at radius 3 is 2.71 bits per heavy atom. The first kappa shape index (κ1) is 11.4. The minimum atomic E-state index is -2.16. The molecule has 6 heteroatoms. The minimum Gasteiger partial charge on any atom is -0.293 e. The van der Waals surface area contributed by atoms with E-state index in [4.69, 9.17) is 4.55 Å². The lowest BCUT2D eigenvalue weighted by Crippen LogP contribution is -2.08. The maximum Gasteiger partial charge on any atom is 0.259 e. The quantitative estimate of drug-likeness (QED) is 0.501. The predicted octanol–water partition coefficient (Wildman–Crippen LogP) is 1.81. The molecule has 0 saturated carbocycles. The lowest BCUT2D eigenvalue weighted by Gasteiger charge is -2.06. The number of alkyl halides is 1. The Hall–Kier alpha value is -0.720. The maximum atomic E-state index is 11.3. The van der Waals surface area contributed by atoms with Crippen LogP contribution in [-0.2, 0) is 11.3 Å². The highest BCUT2D eigenvalue weighted by atomic mass is 79.9. The number of carbonyl (C=O) groups excluding carboxylic acids is 1. The highest BCUT2D eigenvalue weighted by molar-refractivity contribution is 9.09. The van der Waals surface area contributed by atoms with Crippen molar-refractivity contribution < 1.29 is 13.6 Å². The van der Waals surface area contributed by atoms with Gasteiger partial charge in [-0.1, -0.05) is 28.1 Å². The van der Waals surface area contributed by atoms with E-state index in [1.54, 1.807) is 24.3 Å². The molecule has 0 saturated heterocycles. The van der Waals surface area contributed by atoms with Gasteiger partial charge in [0.25, 0.3) is 11.3 Å². The number of hydrogen-bond acceptors (Lipinski definition) is 2. The van der Waals surface area contributed by atoms with Gasteiger partial charge in [0.2, 0.25) is 0 Å². The Bertz CT molecular complexity index is 369. The number of rotatable bonds is 4. The van der Waals surface area contributed by atoms with E-state index in [9.17, 15) is 9.00 Å². The number of benzene rings is 1. The standard InChI is InChI=1S/C8H8BrNO3S/c9-5-8(11)6-3-1-2-4-7(6)10-14(12)13/h1-4,10H,5H2,(H,12,13). The van der Waals surface area contributed by atoms with Crippen LogP contribution in [-0.4, -0.2) is 19.9 Å². The normalized spacial score (nSPS) is 12.1. The van der Waals surface area contributed by atoms with Crippen molar-refractivity contribution in [3.63, 3.8) is 0 Å². The first-order valence-corrected chi connectivity index (χ1v) is 5.93. The predicted molar refractivity (Wildman–Crippen MR) is 59.0 cm³/mol. The Morgan fingerprint density at radius 2 is 2.14 bits per heavy atom. The smallest absolute Gasteiger partial charge is 0.259 e. The highest BCUT2D eigenvalue weighted by Crippen LogP contribution is 2.16. The third-order valence-corrected chi connectivity index (χ3v) is 2.45. The molecule has 1 atom stereocenters. The molecule has 0 aliphatic carbocycles. The molecule has 0 bridgehead atoms. The van der Waals surface area contributed by atoms with Crippen LogP contribution in [0.15, 0.2) is 24.3 Å². The van der Waals surface area contributed by atoms with Crippen LogP contribution < -0.4 is 4.72 Å². The van der Waals surface area contributed by atoms with E-state index in [2.05, 4.69) is 20.7 Å². The molecule has 0 fully saturated rings. The lowest BCUT2D eigenvalue weighted by atomic mass is 10.1. The molecule has 0 heterocycles. The fraction of sp³-hybridized carbons (Fsp3) is 0.125. The number of para-hydroxylation sites is 1. The van der Waals surface area contributed by atoms with E-state index >= 15 is 0 Å². The molecule has 1 aromatic carbocycles. The fourth-order valence-electron chi connectivity index (χ4n) is 0.981. The van der Waals surface area contributed by atoms with Gasteiger partial charge in [0.15, 0.2) is 5.78 Å². The van der Waals surface area contributed by atoms with Crippen molar-refractivity contribution in [2.45, 2.75) is 0 Å². The van der Waals surface area contributed by atoms with Crippen molar-refractivity contribution in [1.82, 2.24) is 0 Å². The van der Waals surface area contributed by atoms with Gasteiger partial charge < -0.3 is 0 Å². The zero-order chi connectivity index (χ0) is 10.6. The molecule has 1 rings (SSSR count). The summed E-state index contributed by atoms with van der Waals surface area (Å²) in [4.78, 5) is 11.3. The van der Waals surface area contributed by atoms with Gasteiger partial charge in [-0.05, 0) is 12.1 Å². The van der Waals surface area contributed by atoms with Gasteiger partial charge in [-0.15, -0.1) is 0 Å². The fourth-order valence-corrected chi connectivity index (χ4v) is 1.65. The van der Waals surface area contributed by atoms with Gasteiger partial charge in [0.05, 0.1) is 11.0 Å². The molecule has 0 radical (unpaired) electrons. The van der Waals surface area contributed by atoms with Gasteiger partial charge in [-0.25, -0.2) is 4.21 Å². The average Bonchev–Trinajstić information content (AvgIpc) is 2.16. The SMILES string of the molecule is O=C(CBr)c1ccccc1NS(=O)O. The first-order chi connectivity index (χ1) is 6.65. The first-order valence-electron chi connectivity index (χ1n) is 3.71. The van der Waals surface area contributed by atoms with Crippen molar-refractivity contribution in [2.24, 2.45) is 0 Å². The molecule has 76 valence electrons. The third-order valence-electron chi connectivity index (χ3n) is 1.55. The van der Waals surface area contributed by atoms with Crippen LogP contribution in [0, 0.1) is 0 Å². The molecule has 0 amide bonds. The van der Waals surface area contributed by atoms with Crippen LogP contribution in [0.2, 0.25) is 0 Å². The van der Waals surface area contributed by atoms with Crippen LogP contribution in [0.1, 0.15) is 10.4 Å². The molecule has 2 N–H and O–H groups in total. The zero-order valence-corrected chi connectivity index (χ0v) is 9.47. The second kappa shape index (κ2) is 5.23. The monoisotopic (exact) mass is 277 g/mol. The topological polar surface area (TPSA) is 66.4 Å². The summed E-state index contributed by atoms with van der Waals surface area (Å²) in [6, 6.07) is 6.55. The number of hydrogen-bond donors (Lipinski definition) is 2. The van der Waals surface area contributed by atoms with Gasteiger partial charge in [-0.2, -0.15) is 0 Å². The van der Waals surface area contributed by atoms with Crippen LogP contribution in [0.5, 0.6) is 0 Å². The number of nitrogens with one attached hydrogen (secondary N) is 1. The van der Waals surface area contributed by atoms with Crippen LogP contribution in [0.3, 0.4) is 0 Å². The van der Waals surface area contributed by atoms with E-state index < -0.39 is 11.3 Å². The summed E-state index contributed by atoms with van der Waals surface area (Å²) in [6.45, 7) is 0. The van der Waals surface area contributed by atoms with Crippen LogP contribution in [0.25, 0.3) is 0 Å². The van der Waals surface area contributed by atoms with E-state index in [1.165, 1.54) is 0 Å². The van der Waals surface area contributed by atoms with Gasteiger partial charge in [0.1, 0.15) is 0 Å². The summed E-state index contributed by atoms with van der Waals surface area (Å²) in [5.41, 5.74) is 0.754. The summed E-state index contributed by atoms with van der Waals surface area (Å²) >= 11 is 0.873. The van der Waals surface area contributed by atoms with Gasteiger partial charge in [-0.3, -0.25) is 14.1 Å². The van der Waals surface area contributed by atoms with E-state index in [-0.39, 0.29) is 11.1 Å². The Kier molecular flexibility index (Phi) is 4.24. The zero-order valence-electron chi connectivity index (χ0n) is 7.07. The molecule has 1 unspecified atom stereocenters. The summed E-state index contributed by atoms with van der Waals surface area (Å²) in [7, 11) is 0. The highest BCUT2D eigenvalue weighted by Gasteiger charge is 2.09. The summed E-state index contributed by atoms with van der Waals surface area (Å²) in [5.74, 6) is -0.140. The Labute approximate surface area is 92.3 Å². The largest absolute Gasteiger partial charge is 0.293 e. The van der Waals surface area contributed by atoms with E-state index in [1.807, 2.05) is 0 Å². The lowest BCUT2D eigenvalue weighted by molar-refractivity contribution is 0.102. The molecule has 1 aromatic rings. The number of carbonyl (C=O) groups is 1. The van der Waals surface area contributed by atoms with E-state index in [0.717, 1.165) is 0 Å². The number of anilines is 1. The Morgan fingerprint density at radius 1 is 1.50 bits per heavy atom. The van der Waals surface area contributed by atoms with Gasteiger partial charge in [0, 0.05) is 5.56 Å². The van der Waals surface area contributed by atoms with Crippen molar-refractivity contribution in [3.8, 4) is 0 Å². The van der Waals surface area contributed by atoms with Crippen molar-refractivity contribution in [2.75, 3.05) is 10.1 Å². The number of ketones is 1.